The molecule has 0 fully saturated rings. The van der Waals surface area contributed by atoms with E-state index >= 15 is 0 Å². The highest BCUT2D eigenvalue weighted by atomic mass is 16.5. The van der Waals surface area contributed by atoms with Crippen molar-refractivity contribution in [1.82, 2.24) is 9.78 Å². The van der Waals surface area contributed by atoms with E-state index in [1.807, 2.05) is 37.3 Å². The zero-order valence-electron chi connectivity index (χ0n) is 10.8. The molecule has 0 bridgehead atoms. The molecule has 0 aliphatic heterocycles. The quantitative estimate of drug-likeness (QED) is 0.776. The van der Waals surface area contributed by atoms with E-state index in [4.69, 9.17) is 4.74 Å². The first-order valence-corrected chi connectivity index (χ1v) is 5.80. The van der Waals surface area contributed by atoms with Crippen LogP contribution >= 0.6 is 0 Å². The minimum absolute atomic E-state index is 0.0121. The van der Waals surface area contributed by atoms with Crippen LogP contribution in [0.25, 0.3) is 0 Å². The van der Waals surface area contributed by atoms with Crippen molar-refractivity contribution < 1.29 is 9.53 Å². The Labute approximate surface area is 106 Å². The summed E-state index contributed by atoms with van der Waals surface area (Å²) in [6.07, 6.45) is 1.56. The molecule has 4 nitrogen and oxygen atoms in total. The lowest BCUT2D eigenvalue weighted by Crippen LogP contribution is -2.15. The number of benzene rings is 1. The molecule has 1 aromatic heterocycles. The largest absolute Gasteiger partial charge is 0.493 e. The highest BCUT2D eigenvalue weighted by Gasteiger charge is 2.24. The third-order valence-electron chi connectivity index (χ3n) is 3.05. The minimum Gasteiger partial charge on any atom is -0.493 e. The van der Waals surface area contributed by atoms with Crippen LogP contribution in [0.15, 0.2) is 36.5 Å². The third-order valence-corrected chi connectivity index (χ3v) is 3.05. The number of methoxy groups -OCH3 is 1. The molecule has 1 heterocycles. The molecule has 0 saturated carbocycles. The number of nitrogens with zero attached hydrogens (tertiary/aromatic N) is 2. The number of Topliss-reactive ketones (excluding diaryl/α,β-unsaturated/α-hetero) is 1. The molecule has 1 unspecified atom stereocenters. The van der Waals surface area contributed by atoms with Gasteiger partial charge in [0.2, 0.25) is 0 Å². The lowest BCUT2D eigenvalue weighted by Gasteiger charge is -2.12. The highest BCUT2D eigenvalue weighted by Crippen LogP contribution is 2.25. The topological polar surface area (TPSA) is 44.1 Å². The molecule has 1 aromatic carbocycles. The monoisotopic (exact) mass is 244 g/mol. The number of aromatic nitrogens is 2. The number of hydrogen-bond acceptors (Lipinski definition) is 3. The van der Waals surface area contributed by atoms with E-state index in [2.05, 4.69) is 5.10 Å². The summed E-state index contributed by atoms with van der Waals surface area (Å²) < 4.78 is 6.73. The SMILES string of the molecule is COc1cnn(C)c1C(=O)C(C)c1ccccc1. The summed E-state index contributed by atoms with van der Waals surface area (Å²) in [6, 6.07) is 9.70. The Balaban J connectivity index is 2.34. The Hall–Kier alpha value is -2.10. The maximum absolute atomic E-state index is 12.5. The first-order valence-electron chi connectivity index (χ1n) is 5.80. The van der Waals surface area contributed by atoms with Crippen molar-refractivity contribution in [2.75, 3.05) is 7.11 Å². The van der Waals surface area contributed by atoms with Crippen molar-refractivity contribution in [3.63, 3.8) is 0 Å². The van der Waals surface area contributed by atoms with E-state index < -0.39 is 0 Å². The number of carbonyl (C=O) groups excluding carboxylic acids is 1. The van der Waals surface area contributed by atoms with Gasteiger partial charge in [-0.05, 0) is 5.56 Å². The molecule has 0 amide bonds. The Morgan fingerprint density at radius 2 is 2.00 bits per heavy atom. The minimum atomic E-state index is -0.213. The predicted molar refractivity (Wildman–Crippen MR) is 68.9 cm³/mol. The summed E-state index contributed by atoms with van der Waals surface area (Å²) in [6.45, 7) is 1.89. The van der Waals surface area contributed by atoms with E-state index in [0.29, 0.717) is 11.4 Å². The van der Waals surface area contributed by atoms with Crippen LogP contribution in [-0.4, -0.2) is 22.7 Å². The lowest BCUT2D eigenvalue weighted by atomic mass is 9.95. The fourth-order valence-electron chi connectivity index (χ4n) is 1.95. The van der Waals surface area contributed by atoms with Crippen molar-refractivity contribution in [3.05, 3.63) is 47.8 Å². The van der Waals surface area contributed by atoms with Crippen LogP contribution in [0.1, 0.15) is 28.9 Å². The second-order valence-corrected chi connectivity index (χ2v) is 4.18. The van der Waals surface area contributed by atoms with Crippen molar-refractivity contribution in [1.29, 1.82) is 0 Å². The molecule has 4 heteroatoms. The van der Waals surface area contributed by atoms with Gasteiger partial charge in [0.25, 0.3) is 0 Å². The first-order chi connectivity index (χ1) is 8.65. The van der Waals surface area contributed by atoms with E-state index in [1.165, 1.54) is 0 Å². The van der Waals surface area contributed by atoms with E-state index in [9.17, 15) is 4.79 Å². The van der Waals surface area contributed by atoms with Crippen LogP contribution in [0.5, 0.6) is 5.75 Å². The number of ether oxygens (including phenoxy) is 1. The third kappa shape index (κ3) is 2.14. The van der Waals surface area contributed by atoms with Crippen LogP contribution in [0.3, 0.4) is 0 Å². The lowest BCUT2D eigenvalue weighted by molar-refractivity contribution is 0.0953. The van der Waals surface area contributed by atoms with Crippen molar-refractivity contribution in [2.45, 2.75) is 12.8 Å². The summed E-state index contributed by atoms with van der Waals surface area (Å²) in [7, 11) is 3.29. The summed E-state index contributed by atoms with van der Waals surface area (Å²) in [5.74, 6) is 0.318. The van der Waals surface area contributed by atoms with E-state index in [-0.39, 0.29) is 11.7 Å². The van der Waals surface area contributed by atoms with Crippen molar-refractivity contribution >= 4 is 5.78 Å². The van der Waals surface area contributed by atoms with Crippen molar-refractivity contribution in [3.8, 4) is 5.75 Å². The van der Waals surface area contributed by atoms with Crippen LogP contribution in [0.4, 0.5) is 0 Å². The van der Waals surface area contributed by atoms with Gasteiger partial charge >= 0.3 is 0 Å². The van der Waals surface area contributed by atoms with Gasteiger partial charge in [-0.15, -0.1) is 0 Å². The Bertz CT molecular complexity index is 546. The van der Waals surface area contributed by atoms with Crippen LogP contribution in [0.2, 0.25) is 0 Å². The molecule has 0 aliphatic carbocycles. The van der Waals surface area contributed by atoms with Crippen LogP contribution in [-0.2, 0) is 7.05 Å². The number of aryl methyl sites for hydroxylation is 1. The molecule has 0 saturated heterocycles. The van der Waals surface area contributed by atoms with Gasteiger partial charge in [-0.2, -0.15) is 5.10 Å². The zero-order chi connectivity index (χ0) is 13.1. The molecule has 2 aromatic rings. The van der Waals surface area contributed by atoms with Gasteiger partial charge in [-0.25, -0.2) is 0 Å². The second-order valence-electron chi connectivity index (χ2n) is 4.18. The smallest absolute Gasteiger partial charge is 0.191 e. The Kier molecular flexibility index (Phi) is 3.46. The Morgan fingerprint density at radius 1 is 1.33 bits per heavy atom. The van der Waals surface area contributed by atoms with Gasteiger partial charge in [-0.1, -0.05) is 37.3 Å². The molecule has 18 heavy (non-hydrogen) atoms. The number of ketones is 1. The number of rotatable bonds is 4. The predicted octanol–water partition coefficient (Wildman–Crippen LogP) is 2.42. The van der Waals surface area contributed by atoms with Gasteiger partial charge in [0.05, 0.1) is 13.3 Å². The maximum Gasteiger partial charge on any atom is 0.191 e. The van der Waals surface area contributed by atoms with Gasteiger partial charge in [0, 0.05) is 13.0 Å². The van der Waals surface area contributed by atoms with Gasteiger partial charge in [0.15, 0.2) is 11.5 Å². The summed E-state index contributed by atoms with van der Waals surface area (Å²) in [4.78, 5) is 12.5. The normalized spacial score (nSPS) is 12.2. The summed E-state index contributed by atoms with van der Waals surface area (Å²) >= 11 is 0. The molecule has 0 N–H and O–H groups in total. The molecule has 0 aliphatic rings. The summed E-state index contributed by atoms with van der Waals surface area (Å²) in [5.41, 5.74) is 1.50. The van der Waals surface area contributed by atoms with Gasteiger partial charge < -0.3 is 4.74 Å². The van der Waals surface area contributed by atoms with Crippen molar-refractivity contribution in [2.24, 2.45) is 7.05 Å². The Morgan fingerprint density at radius 3 is 2.61 bits per heavy atom. The van der Waals surface area contributed by atoms with Gasteiger partial charge in [-0.3, -0.25) is 9.48 Å². The van der Waals surface area contributed by atoms with Crippen LogP contribution in [0, 0.1) is 0 Å². The first kappa shape index (κ1) is 12.4. The average molecular weight is 244 g/mol. The molecular weight excluding hydrogens is 228 g/mol. The fourth-order valence-corrected chi connectivity index (χ4v) is 1.95. The number of carbonyl (C=O) groups is 1. The maximum atomic E-state index is 12.5. The van der Waals surface area contributed by atoms with Crippen LogP contribution < -0.4 is 4.74 Å². The van der Waals surface area contributed by atoms with E-state index in [0.717, 1.165) is 5.56 Å². The molecule has 1 atom stereocenters. The highest BCUT2D eigenvalue weighted by molar-refractivity contribution is 6.01. The van der Waals surface area contributed by atoms with E-state index in [1.54, 1.807) is 25.0 Å². The summed E-state index contributed by atoms with van der Waals surface area (Å²) in [5, 5.41) is 4.06. The fraction of sp³-hybridized carbons (Fsp3) is 0.286. The second kappa shape index (κ2) is 5.04. The molecule has 94 valence electrons. The molecular formula is C14H16N2O2. The molecule has 0 radical (unpaired) electrons. The zero-order valence-corrected chi connectivity index (χ0v) is 10.8. The molecule has 2 rings (SSSR count). The standard InChI is InChI=1S/C14H16N2O2/c1-10(11-7-5-4-6-8-11)14(17)13-12(18-3)9-15-16(13)2/h4-10H,1-3H3. The van der Waals surface area contributed by atoms with Gasteiger partial charge in [0.1, 0.15) is 5.69 Å². The molecule has 0 spiro atoms. The number of hydrogen-bond donors (Lipinski definition) is 0. The average Bonchev–Trinajstić information content (AvgIpc) is 2.79.